The fraction of sp³-hybridized carbons (Fsp3) is 0.278. The van der Waals surface area contributed by atoms with Crippen molar-refractivity contribution in [2.24, 2.45) is 0 Å². The summed E-state index contributed by atoms with van der Waals surface area (Å²) in [7, 11) is 0. The number of benzene rings is 2. The maximum atomic E-state index is 12.2. The first-order valence-corrected chi connectivity index (χ1v) is 7.70. The van der Waals surface area contributed by atoms with Gasteiger partial charge in [-0.15, -0.1) is 0 Å². The molecule has 5 nitrogen and oxygen atoms in total. The average Bonchev–Trinajstić information content (AvgIpc) is 3.20. The number of carbonyl (C=O) groups is 1. The van der Waals surface area contributed by atoms with E-state index >= 15 is 0 Å². The Kier molecular flexibility index (Phi) is 3.54. The molecule has 0 aliphatic carbocycles. The molecular weight excluding hydrogens is 294 g/mol. The highest BCUT2D eigenvalue weighted by Gasteiger charge is 2.28. The zero-order valence-electron chi connectivity index (χ0n) is 12.6. The molecule has 4 rings (SSSR count). The minimum atomic E-state index is -0.427. The Labute approximate surface area is 134 Å². The van der Waals surface area contributed by atoms with Gasteiger partial charge in [0.05, 0.1) is 0 Å². The van der Waals surface area contributed by atoms with Crippen LogP contribution in [0.15, 0.2) is 42.5 Å². The Bertz CT molecular complexity index is 719. The zero-order valence-corrected chi connectivity index (χ0v) is 12.6. The van der Waals surface area contributed by atoms with E-state index in [1.165, 1.54) is 0 Å². The molecule has 118 valence electrons. The zero-order chi connectivity index (χ0) is 15.6. The fourth-order valence-corrected chi connectivity index (χ4v) is 2.87. The summed E-state index contributed by atoms with van der Waals surface area (Å²) >= 11 is 0. The summed E-state index contributed by atoms with van der Waals surface area (Å²) in [5.41, 5.74) is 2.19. The molecule has 2 aliphatic heterocycles. The smallest absolute Gasteiger partial charge is 0.261 e. The van der Waals surface area contributed by atoms with E-state index in [0.717, 1.165) is 34.8 Å². The first-order valence-electron chi connectivity index (χ1n) is 7.70. The van der Waals surface area contributed by atoms with E-state index < -0.39 is 6.10 Å². The van der Waals surface area contributed by atoms with E-state index in [1.54, 1.807) is 0 Å². The highest BCUT2D eigenvalue weighted by Crippen LogP contribution is 2.32. The number of carbonyl (C=O) groups excluding carboxylic acids is 1. The number of hydrogen-bond donors (Lipinski definition) is 1. The van der Waals surface area contributed by atoms with Gasteiger partial charge in [0.25, 0.3) is 5.91 Å². The van der Waals surface area contributed by atoms with Crippen LogP contribution in [0.4, 0.5) is 0 Å². The molecule has 1 amide bonds. The Hall–Kier alpha value is -2.69. The lowest BCUT2D eigenvalue weighted by molar-refractivity contribution is -0.127. The van der Waals surface area contributed by atoms with Crippen molar-refractivity contribution in [1.29, 1.82) is 0 Å². The summed E-state index contributed by atoms with van der Waals surface area (Å²) in [4.78, 5) is 12.2. The second-order valence-electron chi connectivity index (χ2n) is 5.65. The summed E-state index contributed by atoms with van der Waals surface area (Å²) in [6.07, 6.45) is 0.942. The molecule has 0 unspecified atom stereocenters. The lowest BCUT2D eigenvalue weighted by Gasteiger charge is -2.11. The Balaban J connectivity index is 1.29. The van der Waals surface area contributed by atoms with Gasteiger partial charge in [0.15, 0.2) is 17.6 Å². The van der Waals surface area contributed by atoms with Crippen LogP contribution in [0.5, 0.6) is 17.2 Å². The maximum absolute atomic E-state index is 12.2. The van der Waals surface area contributed by atoms with Crippen molar-refractivity contribution in [1.82, 2.24) is 5.32 Å². The number of hydrogen-bond acceptors (Lipinski definition) is 4. The average molecular weight is 311 g/mol. The maximum Gasteiger partial charge on any atom is 0.261 e. The summed E-state index contributed by atoms with van der Waals surface area (Å²) in [5, 5.41) is 2.94. The van der Waals surface area contributed by atoms with Crippen LogP contribution in [0.1, 0.15) is 11.1 Å². The van der Waals surface area contributed by atoms with Gasteiger partial charge in [-0.25, -0.2) is 0 Å². The number of nitrogens with one attached hydrogen (secondary N) is 1. The molecule has 23 heavy (non-hydrogen) atoms. The summed E-state index contributed by atoms with van der Waals surface area (Å²) in [6, 6.07) is 13.6. The van der Waals surface area contributed by atoms with Crippen molar-refractivity contribution in [2.75, 3.05) is 13.3 Å². The van der Waals surface area contributed by atoms with Crippen LogP contribution in [-0.2, 0) is 17.6 Å². The van der Waals surface area contributed by atoms with Crippen LogP contribution in [0.3, 0.4) is 0 Å². The molecule has 0 fully saturated rings. The molecule has 0 saturated carbocycles. The Morgan fingerprint density at radius 2 is 1.96 bits per heavy atom. The Morgan fingerprint density at radius 3 is 2.87 bits per heavy atom. The fourth-order valence-electron chi connectivity index (χ4n) is 2.87. The first kappa shape index (κ1) is 13.9. The number of fused-ring (bicyclic) bond motifs is 2. The second kappa shape index (κ2) is 5.83. The van der Waals surface area contributed by atoms with Crippen molar-refractivity contribution in [2.45, 2.75) is 18.9 Å². The molecule has 2 aliphatic rings. The quantitative estimate of drug-likeness (QED) is 0.939. The number of rotatable bonds is 4. The van der Waals surface area contributed by atoms with Gasteiger partial charge in [0, 0.05) is 13.0 Å². The molecule has 5 heteroatoms. The third-order valence-electron chi connectivity index (χ3n) is 4.09. The van der Waals surface area contributed by atoms with Crippen LogP contribution in [0.25, 0.3) is 0 Å². The first-order chi connectivity index (χ1) is 11.3. The topological polar surface area (TPSA) is 56.8 Å². The van der Waals surface area contributed by atoms with Gasteiger partial charge in [-0.1, -0.05) is 24.3 Å². The molecule has 0 spiro atoms. The molecular formula is C18H17NO4. The van der Waals surface area contributed by atoms with E-state index in [1.807, 2.05) is 42.5 Å². The molecule has 0 radical (unpaired) electrons. The van der Waals surface area contributed by atoms with Crippen LogP contribution in [0.2, 0.25) is 0 Å². The van der Waals surface area contributed by atoms with Gasteiger partial charge in [0.1, 0.15) is 5.75 Å². The van der Waals surface area contributed by atoms with Crippen molar-refractivity contribution < 1.29 is 19.0 Å². The molecule has 2 aromatic carbocycles. The van der Waals surface area contributed by atoms with E-state index in [9.17, 15) is 4.79 Å². The van der Waals surface area contributed by atoms with Crippen LogP contribution >= 0.6 is 0 Å². The van der Waals surface area contributed by atoms with Gasteiger partial charge >= 0.3 is 0 Å². The molecule has 0 aromatic heterocycles. The van der Waals surface area contributed by atoms with E-state index in [0.29, 0.717) is 13.0 Å². The predicted molar refractivity (Wildman–Crippen MR) is 83.8 cm³/mol. The van der Waals surface area contributed by atoms with Gasteiger partial charge in [0.2, 0.25) is 6.79 Å². The molecule has 2 aromatic rings. The highest BCUT2D eigenvalue weighted by molar-refractivity contribution is 5.82. The van der Waals surface area contributed by atoms with Crippen LogP contribution in [0, 0.1) is 0 Å². The SMILES string of the molecule is O=C(NCCc1ccc2c(c1)OCO2)[C@@H]1Cc2ccccc2O1. The van der Waals surface area contributed by atoms with Crippen LogP contribution in [-0.4, -0.2) is 25.3 Å². The van der Waals surface area contributed by atoms with Crippen molar-refractivity contribution in [3.05, 3.63) is 53.6 Å². The molecule has 1 N–H and O–H groups in total. The van der Waals surface area contributed by atoms with Crippen molar-refractivity contribution in [3.8, 4) is 17.2 Å². The standard InChI is InChI=1S/C18H17NO4/c20-18(17-10-13-3-1-2-4-14(13)23-17)19-8-7-12-5-6-15-16(9-12)22-11-21-15/h1-6,9,17H,7-8,10-11H2,(H,19,20)/t17-/m0/s1. The lowest BCUT2D eigenvalue weighted by atomic mass is 10.1. The summed E-state index contributed by atoms with van der Waals surface area (Å²) in [6.45, 7) is 0.837. The number of amides is 1. The van der Waals surface area contributed by atoms with Gasteiger partial charge in [-0.05, 0) is 35.7 Å². The number of para-hydroxylation sites is 1. The molecule has 0 bridgehead atoms. The van der Waals surface area contributed by atoms with Gasteiger partial charge in [-0.2, -0.15) is 0 Å². The minimum Gasteiger partial charge on any atom is -0.480 e. The molecule has 2 heterocycles. The third kappa shape index (κ3) is 2.82. The summed E-state index contributed by atoms with van der Waals surface area (Å²) in [5.74, 6) is 2.28. The second-order valence-corrected chi connectivity index (χ2v) is 5.65. The lowest BCUT2D eigenvalue weighted by Crippen LogP contribution is -2.38. The molecule has 1 atom stereocenters. The minimum absolute atomic E-state index is 0.0676. The summed E-state index contributed by atoms with van der Waals surface area (Å²) < 4.78 is 16.3. The largest absolute Gasteiger partial charge is 0.480 e. The number of ether oxygens (including phenoxy) is 3. The normalized spacial score (nSPS) is 17.5. The monoisotopic (exact) mass is 311 g/mol. The van der Waals surface area contributed by atoms with Gasteiger partial charge in [-0.3, -0.25) is 4.79 Å². The third-order valence-corrected chi connectivity index (χ3v) is 4.09. The van der Waals surface area contributed by atoms with Crippen molar-refractivity contribution in [3.63, 3.8) is 0 Å². The van der Waals surface area contributed by atoms with E-state index in [-0.39, 0.29) is 12.7 Å². The van der Waals surface area contributed by atoms with E-state index in [4.69, 9.17) is 14.2 Å². The van der Waals surface area contributed by atoms with Gasteiger partial charge < -0.3 is 19.5 Å². The predicted octanol–water partition coefficient (Wildman–Crippen LogP) is 2.08. The highest BCUT2D eigenvalue weighted by atomic mass is 16.7. The van der Waals surface area contributed by atoms with Crippen LogP contribution < -0.4 is 19.5 Å². The molecule has 0 saturated heterocycles. The Morgan fingerprint density at radius 1 is 1.09 bits per heavy atom. The van der Waals surface area contributed by atoms with E-state index in [2.05, 4.69) is 5.32 Å². The van der Waals surface area contributed by atoms with Crippen molar-refractivity contribution >= 4 is 5.91 Å².